The van der Waals surface area contributed by atoms with Crippen molar-refractivity contribution in [3.05, 3.63) is 71.8 Å². The number of hydrogen-bond donors (Lipinski definition) is 1. The highest BCUT2D eigenvalue weighted by Crippen LogP contribution is 2.16. The van der Waals surface area contributed by atoms with Crippen molar-refractivity contribution in [3.63, 3.8) is 0 Å². The topological polar surface area (TPSA) is 38.3 Å². The Morgan fingerprint density at radius 2 is 1.91 bits per heavy atom. The summed E-state index contributed by atoms with van der Waals surface area (Å²) in [5.41, 5.74) is 2.06. The van der Waals surface area contributed by atoms with Gasteiger partial charge < -0.3 is 10.1 Å². The minimum atomic E-state index is -0.0920. The third-order valence-electron chi connectivity index (χ3n) is 2.96. The van der Waals surface area contributed by atoms with Crippen molar-refractivity contribution in [2.24, 2.45) is 0 Å². The zero-order valence-electron chi connectivity index (χ0n) is 13.0. The van der Waals surface area contributed by atoms with Gasteiger partial charge in [0.15, 0.2) is 0 Å². The number of rotatable bonds is 6. The molecule has 1 amide bonds. The molecule has 2 rings (SSSR count). The fourth-order valence-electron chi connectivity index (χ4n) is 1.95. The number of nitrogens with one attached hydrogen (secondary N) is 1. The van der Waals surface area contributed by atoms with E-state index in [4.69, 9.17) is 4.74 Å². The number of carbonyl (C=O) groups is 1. The first-order valence-corrected chi connectivity index (χ1v) is 7.39. The van der Waals surface area contributed by atoms with Gasteiger partial charge in [-0.25, -0.2) is 0 Å². The molecule has 0 fully saturated rings. The largest absolute Gasteiger partial charge is 0.489 e. The maximum atomic E-state index is 11.6. The standard InChI is InChI=1S/C19H21NO2/c1-15(2)20-19(21)12-11-16-9-6-10-18(13-16)22-14-17-7-4-3-5-8-17/h3-13,15H,14H2,1-2H3,(H,20,21)/b12-11+. The van der Waals surface area contributed by atoms with Gasteiger partial charge in [0.2, 0.25) is 5.91 Å². The molecule has 0 saturated heterocycles. The Labute approximate surface area is 131 Å². The van der Waals surface area contributed by atoms with Crippen LogP contribution in [0.15, 0.2) is 60.7 Å². The highest BCUT2D eigenvalue weighted by atomic mass is 16.5. The number of benzene rings is 2. The summed E-state index contributed by atoms with van der Waals surface area (Å²) in [6.45, 7) is 4.40. The van der Waals surface area contributed by atoms with E-state index in [-0.39, 0.29) is 11.9 Å². The van der Waals surface area contributed by atoms with Crippen LogP contribution < -0.4 is 10.1 Å². The molecule has 0 saturated carbocycles. The Morgan fingerprint density at radius 1 is 1.14 bits per heavy atom. The van der Waals surface area contributed by atoms with Crippen LogP contribution in [0.25, 0.3) is 6.08 Å². The minimum absolute atomic E-state index is 0.0920. The second-order valence-corrected chi connectivity index (χ2v) is 5.34. The molecule has 0 heterocycles. The first-order valence-electron chi connectivity index (χ1n) is 7.39. The van der Waals surface area contributed by atoms with Crippen molar-refractivity contribution in [2.45, 2.75) is 26.5 Å². The smallest absolute Gasteiger partial charge is 0.244 e. The first-order chi connectivity index (χ1) is 10.6. The number of amides is 1. The lowest BCUT2D eigenvalue weighted by Gasteiger charge is -2.07. The van der Waals surface area contributed by atoms with Gasteiger partial charge in [0.1, 0.15) is 12.4 Å². The lowest BCUT2D eigenvalue weighted by Crippen LogP contribution is -2.28. The fourth-order valence-corrected chi connectivity index (χ4v) is 1.95. The van der Waals surface area contributed by atoms with Gasteiger partial charge in [-0.1, -0.05) is 42.5 Å². The first kappa shape index (κ1) is 15.8. The Bertz CT molecular complexity index is 633. The van der Waals surface area contributed by atoms with Crippen LogP contribution in [0.5, 0.6) is 5.75 Å². The van der Waals surface area contributed by atoms with Crippen LogP contribution >= 0.6 is 0 Å². The summed E-state index contributed by atoms with van der Waals surface area (Å²) in [5, 5.41) is 2.82. The van der Waals surface area contributed by atoms with E-state index in [0.717, 1.165) is 16.9 Å². The molecule has 0 atom stereocenters. The van der Waals surface area contributed by atoms with Crippen LogP contribution in [0, 0.1) is 0 Å². The van der Waals surface area contributed by atoms with Gasteiger partial charge >= 0.3 is 0 Å². The zero-order chi connectivity index (χ0) is 15.8. The normalized spacial score (nSPS) is 10.9. The lowest BCUT2D eigenvalue weighted by molar-refractivity contribution is -0.116. The molecule has 2 aromatic rings. The molecule has 3 heteroatoms. The van der Waals surface area contributed by atoms with Gasteiger partial charge in [-0.2, -0.15) is 0 Å². The van der Waals surface area contributed by atoms with E-state index in [1.807, 2.05) is 68.4 Å². The van der Waals surface area contributed by atoms with Gasteiger partial charge in [-0.3, -0.25) is 4.79 Å². The van der Waals surface area contributed by atoms with Gasteiger partial charge in [-0.05, 0) is 43.2 Å². The summed E-state index contributed by atoms with van der Waals surface area (Å²) in [6.07, 6.45) is 3.32. The number of carbonyl (C=O) groups excluding carboxylic acids is 1. The van der Waals surface area contributed by atoms with Crippen LogP contribution in [0.2, 0.25) is 0 Å². The van der Waals surface area contributed by atoms with Crippen LogP contribution in [-0.4, -0.2) is 11.9 Å². The van der Waals surface area contributed by atoms with E-state index in [2.05, 4.69) is 5.32 Å². The van der Waals surface area contributed by atoms with Gasteiger partial charge in [0.05, 0.1) is 0 Å². The fraction of sp³-hybridized carbons (Fsp3) is 0.211. The summed E-state index contributed by atoms with van der Waals surface area (Å²) >= 11 is 0. The van der Waals surface area contributed by atoms with Crippen LogP contribution in [0.3, 0.4) is 0 Å². The second kappa shape index (κ2) is 8.03. The molecule has 114 valence electrons. The van der Waals surface area contributed by atoms with Crippen molar-refractivity contribution in [3.8, 4) is 5.75 Å². The van der Waals surface area contributed by atoms with E-state index >= 15 is 0 Å². The van der Waals surface area contributed by atoms with Crippen LogP contribution in [-0.2, 0) is 11.4 Å². The minimum Gasteiger partial charge on any atom is -0.489 e. The van der Waals surface area contributed by atoms with Gasteiger partial charge in [0, 0.05) is 12.1 Å². The monoisotopic (exact) mass is 295 g/mol. The third-order valence-corrected chi connectivity index (χ3v) is 2.96. The molecule has 1 N–H and O–H groups in total. The summed E-state index contributed by atoms with van der Waals surface area (Å²) in [5.74, 6) is 0.695. The molecule has 0 bridgehead atoms. The molecule has 2 aromatic carbocycles. The van der Waals surface area contributed by atoms with Crippen LogP contribution in [0.1, 0.15) is 25.0 Å². The van der Waals surface area contributed by atoms with Crippen molar-refractivity contribution in [1.82, 2.24) is 5.32 Å². The van der Waals surface area contributed by atoms with Crippen molar-refractivity contribution < 1.29 is 9.53 Å². The Balaban J connectivity index is 1.95. The molecular formula is C19H21NO2. The molecule has 0 aromatic heterocycles. The quantitative estimate of drug-likeness (QED) is 0.823. The maximum absolute atomic E-state index is 11.6. The summed E-state index contributed by atoms with van der Waals surface area (Å²) < 4.78 is 5.77. The average Bonchev–Trinajstić information content (AvgIpc) is 2.52. The zero-order valence-corrected chi connectivity index (χ0v) is 13.0. The molecule has 0 aliphatic heterocycles. The molecule has 3 nitrogen and oxygen atoms in total. The lowest BCUT2D eigenvalue weighted by atomic mass is 10.2. The molecule has 0 unspecified atom stereocenters. The third kappa shape index (κ3) is 5.44. The van der Waals surface area contributed by atoms with E-state index in [1.165, 1.54) is 6.08 Å². The highest BCUT2D eigenvalue weighted by Gasteiger charge is 1.99. The Kier molecular flexibility index (Phi) is 5.78. The Hall–Kier alpha value is -2.55. The molecule has 22 heavy (non-hydrogen) atoms. The summed E-state index contributed by atoms with van der Waals surface area (Å²) in [7, 11) is 0. The highest BCUT2D eigenvalue weighted by molar-refractivity contribution is 5.91. The molecule has 0 spiro atoms. The maximum Gasteiger partial charge on any atom is 0.244 e. The molecule has 0 radical (unpaired) electrons. The summed E-state index contributed by atoms with van der Waals surface area (Å²) in [4.78, 5) is 11.6. The van der Waals surface area contributed by atoms with Crippen molar-refractivity contribution in [2.75, 3.05) is 0 Å². The Morgan fingerprint density at radius 3 is 2.64 bits per heavy atom. The van der Waals surface area contributed by atoms with E-state index in [0.29, 0.717) is 6.61 Å². The second-order valence-electron chi connectivity index (χ2n) is 5.34. The van der Waals surface area contributed by atoms with E-state index in [9.17, 15) is 4.79 Å². The van der Waals surface area contributed by atoms with Crippen LogP contribution in [0.4, 0.5) is 0 Å². The van der Waals surface area contributed by atoms with E-state index < -0.39 is 0 Å². The van der Waals surface area contributed by atoms with E-state index in [1.54, 1.807) is 6.08 Å². The van der Waals surface area contributed by atoms with Crippen molar-refractivity contribution >= 4 is 12.0 Å². The SMILES string of the molecule is CC(C)NC(=O)/C=C/c1cccc(OCc2ccccc2)c1. The molecule has 0 aliphatic rings. The predicted molar refractivity (Wildman–Crippen MR) is 89.5 cm³/mol. The van der Waals surface area contributed by atoms with Gasteiger partial charge in [0.25, 0.3) is 0 Å². The number of ether oxygens (including phenoxy) is 1. The average molecular weight is 295 g/mol. The number of hydrogen-bond acceptors (Lipinski definition) is 2. The predicted octanol–water partition coefficient (Wildman–Crippen LogP) is 3.80. The van der Waals surface area contributed by atoms with Gasteiger partial charge in [-0.15, -0.1) is 0 Å². The summed E-state index contributed by atoms with van der Waals surface area (Å²) in [6, 6.07) is 17.8. The van der Waals surface area contributed by atoms with Crippen molar-refractivity contribution in [1.29, 1.82) is 0 Å². The molecular weight excluding hydrogens is 274 g/mol. The molecule has 0 aliphatic carbocycles.